The van der Waals surface area contributed by atoms with Crippen LogP contribution in [0.3, 0.4) is 0 Å². The van der Waals surface area contributed by atoms with Gasteiger partial charge in [0, 0.05) is 61.9 Å². The maximum Gasteiger partial charge on any atom is 0.139 e. The number of H-pyrrole nitrogens is 1. The molecule has 0 amide bonds. The molecule has 2 saturated heterocycles. The Balaban J connectivity index is 1.39. The first-order valence-corrected chi connectivity index (χ1v) is 11.9. The van der Waals surface area contributed by atoms with Gasteiger partial charge >= 0.3 is 0 Å². The molecule has 0 saturated carbocycles. The Kier molecular flexibility index (Phi) is 6.02. The van der Waals surface area contributed by atoms with Crippen molar-refractivity contribution in [2.45, 2.75) is 57.7 Å². The number of pyridine rings is 2. The van der Waals surface area contributed by atoms with Gasteiger partial charge in [0.15, 0.2) is 0 Å². The average Bonchev–Trinajstić information content (AvgIpc) is 3.24. The fourth-order valence-electron chi connectivity index (χ4n) is 5.21. The molecule has 0 radical (unpaired) electrons. The van der Waals surface area contributed by atoms with E-state index in [1.54, 1.807) is 0 Å². The molecule has 2 aliphatic rings. The van der Waals surface area contributed by atoms with E-state index in [9.17, 15) is 0 Å². The van der Waals surface area contributed by atoms with Gasteiger partial charge in [-0.3, -0.25) is 0 Å². The molecule has 32 heavy (non-hydrogen) atoms. The number of aromatic amines is 1. The summed E-state index contributed by atoms with van der Waals surface area (Å²) in [4.78, 5) is 15.4. The lowest BCUT2D eigenvalue weighted by atomic mass is 9.91. The highest BCUT2D eigenvalue weighted by molar-refractivity contribution is 5.93. The Hall–Kier alpha value is -2.64. The first kappa shape index (κ1) is 21.2. The molecule has 5 heterocycles. The van der Waals surface area contributed by atoms with Crippen LogP contribution in [-0.4, -0.2) is 53.3 Å². The lowest BCUT2D eigenvalue weighted by molar-refractivity contribution is 0.0856. The first-order valence-electron chi connectivity index (χ1n) is 11.9. The number of nitrogens with zero attached hydrogens (tertiary/aromatic N) is 3. The maximum atomic E-state index is 5.58. The summed E-state index contributed by atoms with van der Waals surface area (Å²) in [5, 5.41) is 8.53. The van der Waals surface area contributed by atoms with Crippen LogP contribution in [0, 0.1) is 0 Å². The Morgan fingerprint density at radius 2 is 1.91 bits per heavy atom. The topological polar surface area (TPSA) is 78.1 Å². The molecule has 5 rings (SSSR count). The highest BCUT2D eigenvalue weighted by atomic mass is 16.5. The summed E-state index contributed by atoms with van der Waals surface area (Å²) in [6.07, 6.45) is 6.12. The number of anilines is 2. The molecule has 2 fully saturated rings. The van der Waals surface area contributed by atoms with Gasteiger partial charge in [0.1, 0.15) is 11.5 Å². The summed E-state index contributed by atoms with van der Waals surface area (Å²) in [5.41, 5.74) is 4.45. The summed E-state index contributed by atoms with van der Waals surface area (Å²) in [6, 6.07) is 9.45. The molecule has 0 spiro atoms. The number of ether oxygens (including phenoxy) is 1. The number of hydrogen-bond donors (Lipinski definition) is 3. The summed E-state index contributed by atoms with van der Waals surface area (Å²) in [5.74, 6) is 1.57. The van der Waals surface area contributed by atoms with Crippen LogP contribution in [0.5, 0.6) is 0 Å². The minimum absolute atomic E-state index is 0.0794. The van der Waals surface area contributed by atoms with Crippen LogP contribution in [0.15, 0.2) is 36.7 Å². The van der Waals surface area contributed by atoms with Gasteiger partial charge in [-0.25, -0.2) is 9.97 Å². The van der Waals surface area contributed by atoms with Crippen molar-refractivity contribution < 1.29 is 4.74 Å². The van der Waals surface area contributed by atoms with Crippen molar-refractivity contribution in [2.24, 2.45) is 0 Å². The molecule has 7 nitrogen and oxygen atoms in total. The van der Waals surface area contributed by atoms with E-state index in [0.717, 1.165) is 62.0 Å². The number of fused-ring (bicyclic) bond motifs is 1. The Morgan fingerprint density at radius 3 is 2.69 bits per heavy atom. The van der Waals surface area contributed by atoms with Crippen LogP contribution in [0.4, 0.5) is 11.5 Å². The Bertz CT molecular complexity index is 1050. The Morgan fingerprint density at radius 1 is 1.12 bits per heavy atom. The smallest absolute Gasteiger partial charge is 0.139 e. The van der Waals surface area contributed by atoms with Crippen LogP contribution in [0.2, 0.25) is 0 Å². The zero-order valence-corrected chi connectivity index (χ0v) is 19.3. The van der Waals surface area contributed by atoms with Crippen molar-refractivity contribution in [1.29, 1.82) is 0 Å². The van der Waals surface area contributed by atoms with E-state index in [-0.39, 0.29) is 6.04 Å². The van der Waals surface area contributed by atoms with Crippen molar-refractivity contribution in [1.82, 2.24) is 20.3 Å². The first-order chi connectivity index (χ1) is 15.6. The summed E-state index contributed by atoms with van der Waals surface area (Å²) < 4.78 is 5.58. The third kappa shape index (κ3) is 4.32. The van der Waals surface area contributed by atoms with Gasteiger partial charge < -0.3 is 25.3 Å². The van der Waals surface area contributed by atoms with E-state index < -0.39 is 0 Å². The molecule has 1 unspecified atom stereocenters. The third-order valence-electron chi connectivity index (χ3n) is 6.72. The highest BCUT2D eigenvalue weighted by Crippen LogP contribution is 2.36. The normalized spacial score (nSPS) is 23.4. The average molecular weight is 435 g/mol. The second-order valence-corrected chi connectivity index (χ2v) is 9.37. The van der Waals surface area contributed by atoms with Crippen molar-refractivity contribution in [2.75, 3.05) is 36.5 Å². The van der Waals surface area contributed by atoms with Crippen LogP contribution < -0.4 is 15.5 Å². The second-order valence-electron chi connectivity index (χ2n) is 9.37. The largest absolute Gasteiger partial charge is 0.381 e. The van der Waals surface area contributed by atoms with E-state index in [1.165, 1.54) is 10.9 Å². The predicted octanol–water partition coefficient (Wildman–Crippen LogP) is 4.21. The molecule has 3 N–H and O–H groups in total. The van der Waals surface area contributed by atoms with Crippen LogP contribution in [0.1, 0.15) is 56.8 Å². The van der Waals surface area contributed by atoms with Crippen molar-refractivity contribution in [3.63, 3.8) is 0 Å². The van der Waals surface area contributed by atoms with Gasteiger partial charge in [0.2, 0.25) is 0 Å². The molecule has 3 aromatic rings. The lowest BCUT2D eigenvalue weighted by Gasteiger charge is -2.37. The molecule has 0 aliphatic carbocycles. The lowest BCUT2D eigenvalue weighted by Crippen LogP contribution is -2.54. The van der Waals surface area contributed by atoms with Crippen molar-refractivity contribution in [3.8, 4) is 0 Å². The molecular formula is C25H34N6O. The number of rotatable bonds is 5. The SMILES string of the molecule is CC(Nc1ccnc2[nH]cc(C3CCOCC3)c12)c1cccc(N2C[C@@H](C)N[C@@H](C)C2)n1. The molecule has 3 aromatic heterocycles. The quantitative estimate of drug-likeness (QED) is 0.558. The van der Waals surface area contributed by atoms with Crippen molar-refractivity contribution in [3.05, 3.63) is 47.9 Å². The molecule has 170 valence electrons. The summed E-state index contributed by atoms with van der Waals surface area (Å²) >= 11 is 0. The molecular weight excluding hydrogens is 400 g/mol. The molecule has 2 aliphatic heterocycles. The predicted molar refractivity (Wildman–Crippen MR) is 129 cm³/mol. The fraction of sp³-hybridized carbons (Fsp3) is 0.520. The van der Waals surface area contributed by atoms with E-state index >= 15 is 0 Å². The van der Waals surface area contributed by atoms with Crippen LogP contribution >= 0.6 is 0 Å². The molecule has 7 heteroatoms. The minimum Gasteiger partial charge on any atom is -0.381 e. The van der Waals surface area contributed by atoms with Gasteiger partial charge in [0.25, 0.3) is 0 Å². The summed E-state index contributed by atoms with van der Waals surface area (Å²) in [6.45, 7) is 10.3. The number of nitrogens with one attached hydrogen (secondary N) is 3. The third-order valence-corrected chi connectivity index (χ3v) is 6.72. The highest BCUT2D eigenvalue weighted by Gasteiger charge is 2.24. The zero-order chi connectivity index (χ0) is 22.1. The van der Waals surface area contributed by atoms with Crippen LogP contribution in [0.25, 0.3) is 11.0 Å². The van der Waals surface area contributed by atoms with E-state index in [2.05, 4.69) is 76.7 Å². The van der Waals surface area contributed by atoms with E-state index in [1.807, 2.05) is 6.20 Å². The van der Waals surface area contributed by atoms with Gasteiger partial charge in [-0.1, -0.05) is 6.07 Å². The van der Waals surface area contributed by atoms with E-state index in [4.69, 9.17) is 9.72 Å². The zero-order valence-electron chi connectivity index (χ0n) is 19.3. The molecule has 0 aromatic carbocycles. The molecule has 3 atom stereocenters. The summed E-state index contributed by atoms with van der Waals surface area (Å²) in [7, 11) is 0. The Labute approximate surface area is 190 Å². The second kappa shape index (κ2) is 9.08. The van der Waals surface area contributed by atoms with Gasteiger partial charge in [0.05, 0.1) is 11.7 Å². The van der Waals surface area contributed by atoms with Crippen LogP contribution in [-0.2, 0) is 4.74 Å². The standard InChI is InChI=1S/C25H34N6O/c1-16-14-31(15-17(2)28-16)23-6-4-5-21(30-23)18(3)29-22-7-10-26-25-24(22)20(13-27-25)19-8-11-32-12-9-19/h4-7,10,13,16-19,28H,8-9,11-12,14-15H2,1-3H3,(H2,26,27,29)/t16-,17+,18?. The maximum absolute atomic E-state index is 5.58. The number of hydrogen-bond acceptors (Lipinski definition) is 6. The fourth-order valence-corrected chi connectivity index (χ4v) is 5.21. The van der Waals surface area contributed by atoms with Gasteiger partial charge in [-0.05, 0) is 63.3 Å². The van der Waals surface area contributed by atoms with E-state index in [0.29, 0.717) is 18.0 Å². The number of piperazine rings is 1. The number of aromatic nitrogens is 3. The van der Waals surface area contributed by atoms with Gasteiger partial charge in [-0.15, -0.1) is 0 Å². The molecule has 0 bridgehead atoms. The van der Waals surface area contributed by atoms with Crippen molar-refractivity contribution >= 4 is 22.5 Å². The van der Waals surface area contributed by atoms with Gasteiger partial charge in [-0.2, -0.15) is 0 Å². The monoisotopic (exact) mass is 434 g/mol. The minimum atomic E-state index is 0.0794.